The molecule has 0 saturated carbocycles. The SMILES string of the molecule is CC.CC.Cc1cc(C)c(C(=O)N(C=O)C2=CCCC=C2)cc1C(=O)N(C)C=O. The van der Waals surface area contributed by atoms with E-state index in [1.807, 2.05) is 39.8 Å². The van der Waals surface area contributed by atoms with Gasteiger partial charge in [0.1, 0.15) is 0 Å². The molecule has 0 N–H and O–H groups in total. The third-order valence-corrected chi connectivity index (χ3v) is 4.09. The number of imide groups is 2. The van der Waals surface area contributed by atoms with E-state index in [1.54, 1.807) is 26.0 Å². The Hall–Kier alpha value is -3.02. The predicted octanol–water partition coefficient (Wildman–Crippen LogP) is 4.42. The van der Waals surface area contributed by atoms with Crippen molar-refractivity contribution in [3.63, 3.8) is 0 Å². The highest BCUT2D eigenvalue weighted by Gasteiger charge is 2.23. The number of amides is 4. The Morgan fingerprint density at radius 2 is 1.41 bits per heavy atom. The molecule has 4 amide bonds. The summed E-state index contributed by atoms with van der Waals surface area (Å²) < 4.78 is 0. The van der Waals surface area contributed by atoms with Gasteiger partial charge in [0.2, 0.25) is 12.8 Å². The largest absolute Gasteiger partial charge is 0.284 e. The van der Waals surface area contributed by atoms with Crippen molar-refractivity contribution in [3.05, 3.63) is 58.3 Å². The van der Waals surface area contributed by atoms with Crippen molar-refractivity contribution in [1.29, 1.82) is 0 Å². The average molecular weight is 401 g/mol. The van der Waals surface area contributed by atoms with Crippen LogP contribution in [0.3, 0.4) is 0 Å². The quantitative estimate of drug-likeness (QED) is 0.686. The summed E-state index contributed by atoms with van der Waals surface area (Å²) in [5, 5.41) is 0. The summed E-state index contributed by atoms with van der Waals surface area (Å²) in [6, 6.07) is 3.14. The Labute approximate surface area is 173 Å². The van der Waals surface area contributed by atoms with E-state index in [2.05, 4.69) is 0 Å². The van der Waals surface area contributed by atoms with Crippen molar-refractivity contribution in [2.75, 3.05) is 7.05 Å². The van der Waals surface area contributed by atoms with Crippen LogP contribution in [0.5, 0.6) is 0 Å². The van der Waals surface area contributed by atoms with E-state index in [0.717, 1.165) is 22.6 Å². The first-order chi connectivity index (χ1) is 13.9. The van der Waals surface area contributed by atoms with E-state index in [0.29, 0.717) is 29.6 Å². The molecule has 0 fully saturated rings. The van der Waals surface area contributed by atoms with E-state index >= 15 is 0 Å². The molecule has 6 nitrogen and oxygen atoms in total. The van der Waals surface area contributed by atoms with Gasteiger partial charge in [-0.3, -0.25) is 24.1 Å². The summed E-state index contributed by atoms with van der Waals surface area (Å²) in [5.74, 6) is -1.01. The molecular weight excluding hydrogens is 368 g/mol. The van der Waals surface area contributed by atoms with Gasteiger partial charge in [-0.05, 0) is 50.0 Å². The zero-order chi connectivity index (χ0) is 22.6. The normalized spacial score (nSPS) is 11.6. The molecule has 0 aromatic heterocycles. The fourth-order valence-corrected chi connectivity index (χ4v) is 2.68. The van der Waals surface area contributed by atoms with Crippen LogP contribution < -0.4 is 0 Å². The molecule has 0 saturated heterocycles. The number of rotatable bonds is 5. The fraction of sp³-hybridized carbons (Fsp3) is 0.391. The summed E-state index contributed by atoms with van der Waals surface area (Å²) in [6.45, 7) is 11.5. The lowest BCUT2D eigenvalue weighted by molar-refractivity contribution is -0.115. The van der Waals surface area contributed by atoms with Crippen LogP contribution in [-0.2, 0) is 9.59 Å². The van der Waals surface area contributed by atoms with Crippen molar-refractivity contribution in [1.82, 2.24) is 9.80 Å². The molecule has 158 valence electrons. The lowest BCUT2D eigenvalue weighted by Gasteiger charge is -2.21. The predicted molar refractivity (Wildman–Crippen MR) is 115 cm³/mol. The smallest absolute Gasteiger partial charge is 0.265 e. The molecule has 6 heteroatoms. The standard InChI is InChI=1S/C19H20N2O4.2C2H6/c1-13-9-14(2)17(10-16(13)18(24)20(3)11-22)19(25)21(12-23)15-7-5-4-6-8-15;2*1-2/h5,7-12H,4,6H2,1-3H3;2*1-2H3. The molecule has 0 aliphatic heterocycles. The van der Waals surface area contributed by atoms with Gasteiger partial charge in [-0.25, -0.2) is 4.90 Å². The van der Waals surface area contributed by atoms with E-state index < -0.39 is 11.8 Å². The Morgan fingerprint density at radius 3 is 1.86 bits per heavy atom. The average Bonchev–Trinajstić information content (AvgIpc) is 2.76. The van der Waals surface area contributed by atoms with Crippen molar-refractivity contribution in [3.8, 4) is 0 Å². The van der Waals surface area contributed by atoms with Crippen LogP contribution >= 0.6 is 0 Å². The van der Waals surface area contributed by atoms with Gasteiger partial charge in [-0.2, -0.15) is 0 Å². The molecule has 2 rings (SSSR count). The van der Waals surface area contributed by atoms with Gasteiger partial charge < -0.3 is 0 Å². The first-order valence-corrected chi connectivity index (χ1v) is 9.90. The minimum absolute atomic E-state index is 0.250. The number of nitrogens with zero attached hydrogens (tertiary/aromatic N) is 2. The summed E-state index contributed by atoms with van der Waals surface area (Å²) >= 11 is 0. The molecule has 0 bridgehead atoms. The fourth-order valence-electron chi connectivity index (χ4n) is 2.68. The van der Waals surface area contributed by atoms with Crippen molar-refractivity contribution >= 4 is 24.6 Å². The molecular formula is C23H32N2O4. The maximum Gasteiger partial charge on any atom is 0.265 e. The molecule has 1 aliphatic rings. The number of hydrogen-bond donors (Lipinski definition) is 0. The van der Waals surface area contributed by atoms with Crippen LogP contribution in [-0.4, -0.2) is 41.5 Å². The van der Waals surface area contributed by atoms with Crippen LogP contribution in [0.1, 0.15) is 72.4 Å². The van der Waals surface area contributed by atoms with Crippen LogP contribution in [0, 0.1) is 13.8 Å². The summed E-state index contributed by atoms with van der Waals surface area (Å²) in [6.07, 6.45) is 7.96. The molecule has 29 heavy (non-hydrogen) atoms. The maximum atomic E-state index is 12.8. The minimum Gasteiger partial charge on any atom is -0.284 e. The van der Waals surface area contributed by atoms with Crippen LogP contribution in [0.4, 0.5) is 0 Å². The molecule has 0 heterocycles. The third kappa shape index (κ3) is 6.52. The second-order valence-electron chi connectivity index (χ2n) is 5.89. The first kappa shape index (κ1) is 26.0. The Morgan fingerprint density at radius 1 is 0.862 bits per heavy atom. The van der Waals surface area contributed by atoms with Crippen molar-refractivity contribution in [2.24, 2.45) is 0 Å². The monoisotopic (exact) mass is 400 g/mol. The number of aryl methyl sites for hydroxylation is 2. The lowest BCUT2D eigenvalue weighted by Crippen LogP contribution is -2.30. The minimum atomic E-state index is -0.506. The summed E-state index contributed by atoms with van der Waals surface area (Å²) in [4.78, 5) is 49.4. The molecule has 1 aliphatic carbocycles. The number of carbonyl (C=O) groups excluding carboxylic acids is 4. The van der Waals surface area contributed by atoms with E-state index in [9.17, 15) is 19.2 Å². The van der Waals surface area contributed by atoms with Gasteiger partial charge in [0.25, 0.3) is 11.8 Å². The second-order valence-corrected chi connectivity index (χ2v) is 5.89. The van der Waals surface area contributed by atoms with E-state index in [-0.39, 0.29) is 11.1 Å². The highest BCUT2D eigenvalue weighted by atomic mass is 16.2. The Bertz CT molecular complexity index is 794. The molecule has 0 atom stereocenters. The van der Waals surface area contributed by atoms with Gasteiger partial charge >= 0.3 is 0 Å². The van der Waals surface area contributed by atoms with Crippen molar-refractivity contribution in [2.45, 2.75) is 54.4 Å². The van der Waals surface area contributed by atoms with Crippen LogP contribution in [0.25, 0.3) is 0 Å². The van der Waals surface area contributed by atoms with Crippen molar-refractivity contribution < 1.29 is 19.2 Å². The molecule has 0 unspecified atom stereocenters. The van der Waals surface area contributed by atoms with Crippen LogP contribution in [0.15, 0.2) is 36.1 Å². The molecule has 0 spiro atoms. The summed E-state index contributed by atoms with van der Waals surface area (Å²) in [7, 11) is 1.35. The number of hydrogen-bond acceptors (Lipinski definition) is 4. The maximum absolute atomic E-state index is 12.8. The Kier molecular flexibility index (Phi) is 11.8. The number of allylic oxidation sites excluding steroid dienone is 3. The summed E-state index contributed by atoms with van der Waals surface area (Å²) in [5.41, 5.74) is 2.33. The highest BCUT2D eigenvalue weighted by Crippen LogP contribution is 2.22. The number of benzene rings is 1. The Balaban J connectivity index is 0.00000184. The van der Waals surface area contributed by atoms with Crippen LogP contribution in [0.2, 0.25) is 0 Å². The van der Waals surface area contributed by atoms with Gasteiger partial charge in [0.15, 0.2) is 0 Å². The highest BCUT2D eigenvalue weighted by molar-refractivity contribution is 6.06. The number of carbonyl (C=O) groups is 4. The van der Waals surface area contributed by atoms with Gasteiger partial charge in [-0.1, -0.05) is 45.9 Å². The molecule has 0 radical (unpaired) electrons. The zero-order valence-corrected chi connectivity index (χ0v) is 18.5. The molecule has 1 aromatic carbocycles. The third-order valence-electron chi connectivity index (χ3n) is 4.09. The lowest BCUT2D eigenvalue weighted by atomic mass is 9.98. The zero-order valence-electron chi connectivity index (χ0n) is 18.5. The second kappa shape index (κ2) is 13.2. The van der Waals surface area contributed by atoms with E-state index in [1.165, 1.54) is 13.1 Å². The van der Waals surface area contributed by atoms with E-state index in [4.69, 9.17) is 0 Å². The van der Waals surface area contributed by atoms with Gasteiger partial charge in [0, 0.05) is 23.9 Å². The molecule has 1 aromatic rings. The topological polar surface area (TPSA) is 74.8 Å². The van der Waals surface area contributed by atoms with Gasteiger partial charge in [-0.15, -0.1) is 0 Å². The van der Waals surface area contributed by atoms with Gasteiger partial charge in [0.05, 0.1) is 0 Å². The first-order valence-electron chi connectivity index (χ1n) is 9.90.